The summed E-state index contributed by atoms with van der Waals surface area (Å²) in [5.41, 5.74) is 2.58. The Morgan fingerprint density at radius 3 is 2.65 bits per heavy atom. The van der Waals surface area contributed by atoms with Crippen LogP contribution in [0.15, 0.2) is 36.5 Å². The standard InChI is InChI=1S/C18H19N5O3/c1-11-15-8-13(9-19-17(15)23(2)22-11)21-16(24)10-20-18(25)12-4-6-14(26-3)7-5-12/h4-9H,10H2,1-3H3,(H,20,25)(H,21,24). The van der Waals surface area contributed by atoms with E-state index in [1.165, 1.54) is 0 Å². The van der Waals surface area contributed by atoms with E-state index >= 15 is 0 Å². The second kappa shape index (κ2) is 7.22. The molecule has 134 valence electrons. The highest BCUT2D eigenvalue weighted by Crippen LogP contribution is 2.19. The summed E-state index contributed by atoms with van der Waals surface area (Å²) in [6.07, 6.45) is 1.56. The molecule has 26 heavy (non-hydrogen) atoms. The third-order valence-corrected chi connectivity index (χ3v) is 3.91. The quantitative estimate of drug-likeness (QED) is 0.727. The monoisotopic (exact) mass is 353 g/mol. The molecule has 3 aromatic rings. The van der Waals surface area contributed by atoms with Gasteiger partial charge in [0.1, 0.15) is 5.75 Å². The molecule has 0 spiro atoms. The summed E-state index contributed by atoms with van der Waals surface area (Å²) in [6, 6.07) is 8.45. The van der Waals surface area contributed by atoms with Crippen molar-refractivity contribution in [3.05, 3.63) is 47.8 Å². The molecule has 0 atom stereocenters. The van der Waals surface area contributed by atoms with Crippen LogP contribution >= 0.6 is 0 Å². The highest BCUT2D eigenvalue weighted by Gasteiger charge is 2.11. The molecule has 2 aromatic heterocycles. The van der Waals surface area contributed by atoms with Gasteiger partial charge in [0, 0.05) is 18.0 Å². The fourth-order valence-corrected chi connectivity index (χ4v) is 2.59. The van der Waals surface area contributed by atoms with Gasteiger partial charge in [-0.1, -0.05) is 0 Å². The average Bonchev–Trinajstić information content (AvgIpc) is 2.93. The second-order valence-electron chi connectivity index (χ2n) is 5.76. The van der Waals surface area contributed by atoms with Gasteiger partial charge < -0.3 is 15.4 Å². The van der Waals surface area contributed by atoms with Crippen molar-refractivity contribution in [1.82, 2.24) is 20.1 Å². The summed E-state index contributed by atoms with van der Waals surface area (Å²) in [6.45, 7) is 1.74. The molecule has 1 aromatic carbocycles. The van der Waals surface area contributed by atoms with E-state index in [0.29, 0.717) is 17.0 Å². The number of methoxy groups -OCH3 is 1. The largest absolute Gasteiger partial charge is 0.497 e. The molecule has 2 amide bonds. The third-order valence-electron chi connectivity index (χ3n) is 3.91. The third kappa shape index (κ3) is 3.64. The van der Waals surface area contributed by atoms with Crippen molar-refractivity contribution in [3.63, 3.8) is 0 Å². The predicted molar refractivity (Wildman–Crippen MR) is 97.2 cm³/mol. The first-order chi connectivity index (χ1) is 12.5. The number of fused-ring (bicyclic) bond motifs is 1. The van der Waals surface area contributed by atoms with Crippen molar-refractivity contribution in [2.75, 3.05) is 19.0 Å². The number of anilines is 1. The lowest BCUT2D eigenvalue weighted by molar-refractivity contribution is -0.115. The van der Waals surface area contributed by atoms with Crippen molar-refractivity contribution >= 4 is 28.5 Å². The van der Waals surface area contributed by atoms with E-state index in [1.807, 2.05) is 20.0 Å². The van der Waals surface area contributed by atoms with E-state index in [2.05, 4.69) is 20.7 Å². The fourth-order valence-electron chi connectivity index (χ4n) is 2.59. The first-order valence-corrected chi connectivity index (χ1v) is 7.99. The van der Waals surface area contributed by atoms with Crippen LogP contribution in [0.1, 0.15) is 16.1 Å². The van der Waals surface area contributed by atoms with Crippen molar-refractivity contribution in [3.8, 4) is 5.75 Å². The van der Waals surface area contributed by atoms with E-state index in [4.69, 9.17) is 4.74 Å². The summed E-state index contributed by atoms with van der Waals surface area (Å²) in [5, 5.41) is 10.5. The lowest BCUT2D eigenvalue weighted by Gasteiger charge is -2.07. The van der Waals surface area contributed by atoms with E-state index in [9.17, 15) is 9.59 Å². The Kier molecular flexibility index (Phi) is 4.83. The van der Waals surface area contributed by atoms with Gasteiger partial charge in [0.2, 0.25) is 5.91 Å². The fraction of sp³-hybridized carbons (Fsp3) is 0.222. The number of ether oxygens (including phenoxy) is 1. The maximum atomic E-state index is 12.1. The van der Waals surface area contributed by atoms with Crippen molar-refractivity contribution in [2.24, 2.45) is 7.05 Å². The summed E-state index contributed by atoms with van der Waals surface area (Å²) in [7, 11) is 3.37. The van der Waals surface area contributed by atoms with Crippen molar-refractivity contribution < 1.29 is 14.3 Å². The van der Waals surface area contributed by atoms with Gasteiger partial charge in [-0.25, -0.2) is 4.98 Å². The van der Waals surface area contributed by atoms with Crippen molar-refractivity contribution in [2.45, 2.75) is 6.92 Å². The Balaban J connectivity index is 1.60. The topological polar surface area (TPSA) is 98.1 Å². The van der Waals surface area contributed by atoms with Crippen LogP contribution in [0.25, 0.3) is 11.0 Å². The van der Waals surface area contributed by atoms with Gasteiger partial charge in [0.15, 0.2) is 5.65 Å². The van der Waals surface area contributed by atoms with Gasteiger partial charge in [-0.05, 0) is 37.3 Å². The Labute approximate surface area is 150 Å². The second-order valence-corrected chi connectivity index (χ2v) is 5.76. The number of aromatic nitrogens is 3. The zero-order chi connectivity index (χ0) is 18.7. The number of carbonyl (C=O) groups is 2. The van der Waals surface area contributed by atoms with Crippen LogP contribution < -0.4 is 15.4 Å². The summed E-state index contributed by atoms with van der Waals surface area (Å²) < 4.78 is 6.73. The van der Waals surface area contributed by atoms with Crippen LogP contribution in [0.4, 0.5) is 5.69 Å². The summed E-state index contributed by atoms with van der Waals surface area (Å²) in [5.74, 6) is -0.0121. The van der Waals surface area contributed by atoms with Gasteiger partial charge in [0.05, 0.1) is 31.2 Å². The van der Waals surface area contributed by atoms with E-state index in [-0.39, 0.29) is 18.4 Å². The molecular formula is C18H19N5O3. The van der Waals surface area contributed by atoms with Gasteiger partial charge >= 0.3 is 0 Å². The number of aryl methyl sites for hydroxylation is 2. The normalized spacial score (nSPS) is 10.6. The number of carbonyl (C=O) groups excluding carboxylic acids is 2. The van der Waals surface area contributed by atoms with Gasteiger partial charge in [-0.2, -0.15) is 5.10 Å². The smallest absolute Gasteiger partial charge is 0.251 e. The average molecular weight is 353 g/mol. The van der Waals surface area contributed by atoms with Crippen LogP contribution in [-0.4, -0.2) is 40.2 Å². The predicted octanol–water partition coefficient (Wildman–Crippen LogP) is 1.65. The van der Waals surface area contributed by atoms with Gasteiger partial charge in [-0.15, -0.1) is 0 Å². The maximum absolute atomic E-state index is 12.1. The Bertz CT molecular complexity index is 963. The minimum absolute atomic E-state index is 0.144. The van der Waals surface area contributed by atoms with Crippen LogP contribution in [-0.2, 0) is 11.8 Å². The SMILES string of the molecule is COc1ccc(C(=O)NCC(=O)Nc2cnc3c(c2)c(C)nn3C)cc1. The molecule has 0 fully saturated rings. The Hall–Kier alpha value is -3.42. The maximum Gasteiger partial charge on any atom is 0.251 e. The van der Waals surface area contributed by atoms with Crippen molar-refractivity contribution in [1.29, 1.82) is 0 Å². The molecule has 0 bridgehead atoms. The zero-order valence-corrected chi connectivity index (χ0v) is 14.7. The molecule has 2 heterocycles. The van der Waals surface area contributed by atoms with E-state index in [0.717, 1.165) is 16.7 Å². The van der Waals surface area contributed by atoms with E-state index < -0.39 is 0 Å². The molecule has 0 aliphatic heterocycles. The number of amides is 2. The van der Waals surface area contributed by atoms with Gasteiger partial charge in [0.25, 0.3) is 5.91 Å². The van der Waals surface area contributed by atoms with Crippen LogP contribution in [0.2, 0.25) is 0 Å². The number of nitrogens with zero attached hydrogens (tertiary/aromatic N) is 3. The molecule has 3 rings (SSSR count). The molecule has 8 heteroatoms. The van der Waals surface area contributed by atoms with E-state index in [1.54, 1.807) is 42.3 Å². The number of benzene rings is 1. The molecular weight excluding hydrogens is 334 g/mol. The minimum Gasteiger partial charge on any atom is -0.497 e. The molecule has 0 aliphatic rings. The number of hydrogen-bond acceptors (Lipinski definition) is 5. The Morgan fingerprint density at radius 1 is 1.23 bits per heavy atom. The van der Waals surface area contributed by atoms with Gasteiger partial charge in [-0.3, -0.25) is 14.3 Å². The van der Waals surface area contributed by atoms with Crippen LogP contribution in [0.5, 0.6) is 5.75 Å². The molecule has 8 nitrogen and oxygen atoms in total. The molecule has 0 aliphatic carbocycles. The minimum atomic E-state index is -0.338. The molecule has 0 radical (unpaired) electrons. The number of nitrogens with one attached hydrogen (secondary N) is 2. The first-order valence-electron chi connectivity index (χ1n) is 7.99. The number of pyridine rings is 1. The van der Waals surface area contributed by atoms with Crippen LogP contribution in [0, 0.1) is 6.92 Å². The first kappa shape index (κ1) is 17.4. The number of rotatable bonds is 5. The molecule has 2 N–H and O–H groups in total. The molecule has 0 saturated heterocycles. The Morgan fingerprint density at radius 2 is 1.96 bits per heavy atom. The summed E-state index contributed by atoms with van der Waals surface area (Å²) in [4.78, 5) is 28.4. The highest BCUT2D eigenvalue weighted by atomic mass is 16.5. The summed E-state index contributed by atoms with van der Waals surface area (Å²) >= 11 is 0. The lowest BCUT2D eigenvalue weighted by Crippen LogP contribution is -2.32. The molecule has 0 saturated carbocycles. The molecule has 0 unspecified atom stereocenters. The van der Waals surface area contributed by atoms with Crippen LogP contribution in [0.3, 0.4) is 0 Å². The number of hydrogen-bond donors (Lipinski definition) is 2. The lowest BCUT2D eigenvalue weighted by atomic mass is 10.2. The highest BCUT2D eigenvalue weighted by molar-refractivity contribution is 5.99. The zero-order valence-electron chi connectivity index (χ0n) is 14.7.